The van der Waals surface area contributed by atoms with Crippen LogP contribution in [0.15, 0.2) is 22.9 Å². The van der Waals surface area contributed by atoms with Gasteiger partial charge in [-0.05, 0) is 46.0 Å². The summed E-state index contributed by atoms with van der Waals surface area (Å²) < 4.78 is 0.879. The number of hydrogen-bond acceptors (Lipinski definition) is 3. The van der Waals surface area contributed by atoms with E-state index in [9.17, 15) is 0 Å². The number of nitrogens with zero attached hydrogens (tertiary/aromatic N) is 1. The molecule has 0 atom stereocenters. The van der Waals surface area contributed by atoms with E-state index in [1.54, 1.807) is 0 Å². The zero-order valence-corrected chi connectivity index (χ0v) is 10.7. The van der Waals surface area contributed by atoms with Crippen LogP contribution < -0.4 is 5.32 Å². The molecule has 4 heteroatoms. The SMILES string of the molecule is CCSCCCNc1ccc(Br)nc1. The van der Waals surface area contributed by atoms with Crippen molar-refractivity contribution in [1.82, 2.24) is 4.98 Å². The van der Waals surface area contributed by atoms with E-state index in [1.165, 1.54) is 17.9 Å². The Labute approximate surface area is 98.0 Å². The van der Waals surface area contributed by atoms with E-state index in [4.69, 9.17) is 0 Å². The highest BCUT2D eigenvalue weighted by molar-refractivity contribution is 9.10. The lowest BCUT2D eigenvalue weighted by atomic mass is 10.4. The van der Waals surface area contributed by atoms with Gasteiger partial charge in [-0.15, -0.1) is 0 Å². The van der Waals surface area contributed by atoms with Gasteiger partial charge >= 0.3 is 0 Å². The minimum Gasteiger partial charge on any atom is -0.384 e. The first-order valence-corrected chi connectivity index (χ1v) is 6.71. The van der Waals surface area contributed by atoms with E-state index >= 15 is 0 Å². The van der Waals surface area contributed by atoms with Crippen molar-refractivity contribution >= 4 is 33.4 Å². The fourth-order valence-corrected chi connectivity index (χ4v) is 1.90. The molecule has 78 valence electrons. The number of thioether (sulfide) groups is 1. The van der Waals surface area contributed by atoms with Crippen LogP contribution in [0.5, 0.6) is 0 Å². The molecular weight excluding hydrogens is 260 g/mol. The number of pyridine rings is 1. The van der Waals surface area contributed by atoms with Crippen LogP contribution in [0.3, 0.4) is 0 Å². The number of rotatable bonds is 6. The van der Waals surface area contributed by atoms with E-state index in [1.807, 2.05) is 30.1 Å². The molecule has 2 nitrogen and oxygen atoms in total. The molecular formula is C10H15BrN2S. The summed E-state index contributed by atoms with van der Waals surface area (Å²) >= 11 is 5.29. The summed E-state index contributed by atoms with van der Waals surface area (Å²) in [6, 6.07) is 3.98. The van der Waals surface area contributed by atoms with Crippen molar-refractivity contribution in [3.05, 3.63) is 22.9 Å². The van der Waals surface area contributed by atoms with Gasteiger partial charge in [0, 0.05) is 6.54 Å². The topological polar surface area (TPSA) is 24.9 Å². The van der Waals surface area contributed by atoms with Crippen molar-refractivity contribution in [2.45, 2.75) is 13.3 Å². The first-order chi connectivity index (χ1) is 6.83. The molecule has 0 spiro atoms. The van der Waals surface area contributed by atoms with Crippen LogP contribution >= 0.6 is 27.7 Å². The van der Waals surface area contributed by atoms with Gasteiger partial charge in [-0.3, -0.25) is 0 Å². The minimum absolute atomic E-state index is 0.879. The Morgan fingerprint density at radius 3 is 3.00 bits per heavy atom. The van der Waals surface area contributed by atoms with Crippen molar-refractivity contribution in [3.8, 4) is 0 Å². The molecule has 1 heterocycles. The molecule has 0 aliphatic carbocycles. The Bertz CT molecular complexity index is 251. The second-order valence-electron chi connectivity index (χ2n) is 2.85. The summed E-state index contributed by atoms with van der Waals surface area (Å²) in [6.07, 6.45) is 3.05. The van der Waals surface area contributed by atoms with Crippen LogP contribution in [-0.2, 0) is 0 Å². The first-order valence-electron chi connectivity index (χ1n) is 4.76. The van der Waals surface area contributed by atoms with Crippen molar-refractivity contribution in [2.75, 3.05) is 23.4 Å². The highest BCUT2D eigenvalue weighted by atomic mass is 79.9. The summed E-state index contributed by atoms with van der Waals surface area (Å²) in [4.78, 5) is 4.14. The molecule has 1 N–H and O–H groups in total. The Morgan fingerprint density at radius 1 is 1.50 bits per heavy atom. The van der Waals surface area contributed by atoms with Crippen molar-refractivity contribution in [1.29, 1.82) is 0 Å². The quantitative estimate of drug-likeness (QED) is 0.636. The predicted octanol–water partition coefficient (Wildman–Crippen LogP) is 3.40. The standard InChI is InChI=1S/C10H15BrN2S/c1-2-14-7-3-6-12-9-4-5-10(11)13-8-9/h4-5,8,12H,2-3,6-7H2,1H3. The third kappa shape index (κ3) is 4.86. The maximum absolute atomic E-state index is 4.14. The molecule has 0 fully saturated rings. The number of hydrogen-bond donors (Lipinski definition) is 1. The van der Waals surface area contributed by atoms with Gasteiger partial charge in [0.1, 0.15) is 4.60 Å². The van der Waals surface area contributed by atoms with E-state index < -0.39 is 0 Å². The van der Waals surface area contributed by atoms with Crippen molar-refractivity contribution < 1.29 is 0 Å². The van der Waals surface area contributed by atoms with Gasteiger partial charge in [0.15, 0.2) is 0 Å². The van der Waals surface area contributed by atoms with Crippen molar-refractivity contribution in [2.24, 2.45) is 0 Å². The average molecular weight is 275 g/mol. The molecule has 1 aromatic heterocycles. The van der Waals surface area contributed by atoms with Gasteiger partial charge in [-0.25, -0.2) is 4.98 Å². The summed E-state index contributed by atoms with van der Waals surface area (Å²) in [6.45, 7) is 3.22. The Hall–Kier alpha value is -0.220. The molecule has 0 aliphatic heterocycles. The summed E-state index contributed by atoms with van der Waals surface area (Å²) in [5.74, 6) is 2.44. The summed E-state index contributed by atoms with van der Waals surface area (Å²) in [5, 5.41) is 3.33. The second-order valence-corrected chi connectivity index (χ2v) is 5.05. The molecule has 1 rings (SSSR count). The summed E-state index contributed by atoms with van der Waals surface area (Å²) in [7, 11) is 0. The zero-order valence-electron chi connectivity index (χ0n) is 8.29. The van der Waals surface area contributed by atoms with E-state index in [-0.39, 0.29) is 0 Å². The fourth-order valence-electron chi connectivity index (χ4n) is 1.03. The maximum atomic E-state index is 4.14. The molecule has 0 aromatic carbocycles. The van der Waals surface area contributed by atoms with Crippen LogP contribution in [0.25, 0.3) is 0 Å². The van der Waals surface area contributed by atoms with Crippen molar-refractivity contribution in [3.63, 3.8) is 0 Å². The third-order valence-corrected chi connectivity index (χ3v) is 3.18. The van der Waals surface area contributed by atoms with E-state index in [0.29, 0.717) is 0 Å². The molecule has 0 saturated heterocycles. The van der Waals surface area contributed by atoms with Gasteiger partial charge < -0.3 is 5.32 Å². The largest absolute Gasteiger partial charge is 0.384 e. The Kier molecular flexibility index (Phi) is 6.03. The molecule has 1 aromatic rings. The predicted molar refractivity (Wildman–Crippen MR) is 68.0 cm³/mol. The van der Waals surface area contributed by atoms with Gasteiger partial charge in [0.2, 0.25) is 0 Å². The van der Waals surface area contributed by atoms with Crippen LogP contribution in [0.4, 0.5) is 5.69 Å². The van der Waals surface area contributed by atoms with Gasteiger partial charge in [-0.2, -0.15) is 11.8 Å². The van der Waals surface area contributed by atoms with E-state index in [2.05, 4.69) is 33.2 Å². The van der Waals surface area contributed by atoms with Crippen LogP contribution in [0.2, 0.25) is 0 Å². The Morgan fingerprint density at radius 2 is 2.36 bits per heavy atom. The number of halogens is 1. The van der Waals surface area contributed by atoms with Gasteiger partial charge in [0.05, 0.1) is 11.9 Å². The van der Waals surface area contributed by atoms with Crippen LogP contribution in [0.1, 0.15) is 13.3 Å². The first kappa shape index (κ1) is 11.9. The van der Waals surface area contributed by atoms with E-state index in [0.717, 1.165) is 16.8 Å². The second kappa shape index (κ2) is 7.12. The Balaban J connectivity index is 2.15. The number of aromatic nitrogens is 1. The van der Waals surface area contributed by atoms with Crippen LogP contribution in [0, 0.1) is 0 Å². The van der Waals surface area contributed by atoms with Gasteiger partial charge in [0.25, 0.3) is 0 Å². The number of nitrogens with one attached hydrogen (secondary N) is 1. The lowest BCUT2D eigenvalue weighted by molar-refractivity contribution is 0.989. The maximum Gasteiger partial charge on any atom is 0.106 e. The lowest BCUT2D eigenvalue weighted by Crippen LogP contribution is -2.02. The normalized spacial score (nSPS) is 10.1. The minimum atomic E-state index is 0.879. The molecule has 0 aliphatic rings. The molecule has 0 saturated carbocycles. The summed E-state index contributed by atoms with van der Waals surface area (Å²) in [5.41, 5.74) is 1.09. The molecule has 0 amide bonds. The number of anilines is 1. The fraction of sp³-hybridized carbons (Fsp3) is 0.500. The molecule has 14 heavy (non-hydrogen) atoms. The molecule has 0 unspecified atom stereocenters. The zero-order chi connectivity index (χ0) is 10.2. The van der Waals surface area contributed by atoms with Crippen LogP contribution in [-0.4, -0.2) is 23.0 Å². The molecule has 0 radical (unpaired) electrons. The lowest BCUT2D eigenvalue weighted by Gasteiger charge is -2.04. The highest BCUT2D eigenvalue weighted by Crippen LogP contribution is 2.10. The smallest absolute Gasteiger partial charge is 0.106 e. The third-order valence-electron chi connectivity index (χ3n) is 1.73. The average Bonchev–Trinajstić information content (AvgIpc) is 2.21. The van der Waals surface area contributed by atoms with Gasteiger partial charge in [-0.1, -0.05) is 6.92 Å². The highest BCUT2D eigenvalue weighted by Gasteiger charge is 1.92. The monoisotopic (exact) mass is 274 g/mol. The molecule has 0 bridgehead atoms.